The van der Waals surface area contributed by atoms with E-state index in [4.69, 9.17) is 9.47 Å². The van der Waals surface area contributed by atoms with Crippen LogP contribution in [-0.2, 0) is 12.8 Å². The molecule has 7 nitrogen and oxygen atoms in total. The molecule has 0 radical (unpaired) electrons. The SMILES string of the molecule is COc1cc(Nc2ncnc3scc(-c4ccc5c(c4)CCCC5)c23)c(OC)cc1NC(=O)c1ccccc1. The van der Waals surface area contributed by atoms with Crippen molar-refractivity contribution in [1.29, 1.82) is 0 Å². The van der Waals surface area contributed by atoms with Crippen molar-refractivity contribution in [3.05, 3.63) is 89.1 Å². The largest absolute Gasteiger partial charge is 0.494 e. The predicted molar refractivity (Wildman–Crippen MR) is 157 cm³/mol. The van der Waals surface area contributed by atoms with E-state index in [-0.39, 0.29) is 5.91 Å². The molecule has 0 spiro atoms. The molecule has 0 aliphatic heterocycles. The van der Waals surface area contributed by atoms with Crippen LogP contribution in [0.1, 0.15) is 34.3 Å². The summed E-state index contributed by atoms with van der Waals surface area (Å²) < 4.78 is 11.3. The molecule has 8 heteroatoms. The van der Waals surface area contributed by atoms with Crippen LogP contribution in [0.5, 0.6) is 11.5 Å². The average molecular weight is 537 g/mol. The van der Waals surface area contributed by atoms with Crippen LogP contribution in [-0.4, -0.2) is 30.1 Å². The van der Waals surface area contributed by atoms with Crippen molar-refractivity contribution in [2.24, 2.45) is 0 Å². The third kappa shape index (κ3) is 4.91. The number of benzene rings is 3. The van der Waals surface area contributed by atoms with Crippen molar-refractivity contribution < 1.29 is 14.3 Å². The Kier molecular flexibility index (Phi) is 6.85. The number of aromatic nitrogens is 2. The van der Waals surface area contributed by atoms with Crippen LogP contribution in [0.25, 0.3) is 21.3 Å². The number of carbonyl (C=O) groups excluding carboxylic acids is 1. The summed E-state index contributed by atoms with van der Waals surface area (Å²) >= 11 is 1.60. The van der Waals surface area contributed by atoms with Gasteiger partial charge in [-0.25, -0.2) is 9.97 Å². The first-order chi connectivity index (χ1) is 19.1. The fourth-order valence-electron chi connectivity index (χ4n) is 5.09. The normalized spacial score (nSPS) is 12.6. The van der Waals surface area contributed by atoms with Gasteiger partial charge in [-0.15, -0.1) is 11.3 Å². The number of carbonyl (C=O) groups is 1. The number of methoxy groups -OCH3 is 2. The molecule has 0 saturated heterocycles. The summed E-state index contributed by atoms with van der Waals surface area (Å²) in [7, 11) is 3.16. The Morgan fingerprint density at radius 3 is 2.41 bits per heavy atom. The van der Waals surface area contributed by atoms with Gasteiger partial charge >= 0.3 is 0 Å². The van der Waals surface area contributed by atoms with Gasteiger partial charge in [0.25, 0.3) is 5.91 Å². The van der Waals surface area contributed by atoms with Gasteiger partial charge in [-0.05, 0) is 54.5 Å². The summed E-state index contributed by atoms with van der Waals surface area (Å²) in [6.45, 7) is 0. The lowest BCUT2D eigenvalue weighted by Gasteiger charge is -2.18. The number of nitrogens with one attached hydrogen (secondary N) is 2. The Morgan fingerprint density at radius 2 is 1.62 bits per heavy atom. The Morgan fingerprint density at radius 1 is 0.872 bits per heavy atom. The molecule has 1 aliphatic rings. The molecule has 6 rings (SSSR count). The van der Waals surface area contributed by atoms with Crippen molar-refractivity contribution in [2.45, 2.75) is 25.7 Å². The van der Waals surface area contributed by atoms with E-state index >= 15 is 0 Å². The Labute approximate surface area is 230 Å². The zero-order valence-corrected chi connectivity index (χ0v) is 22.6. The quantitative estimate of drug-likeness (QED) is 0.228. The number of anilines is 3. The number of rotatable bonds is 7. The smallest absolute Gasteiger partial charge is 0.255 e. The number of hydrogen-bond donors (Lipinski definition) is 2. The highest BCUT2D eigenvalue weighted by Gasteiger charge is 2.19. The van der Waals surface area contributed by atoms with Crippen LogP contribution in [0.2, 0.25) is 0 Å². The molecule has 1 aliphatic carbocycles. The minimum absolute atomic E-state index is 0.234. The number of hydrogen-bond acceptors (Lipinski definition) is 7. The van der Waals surface area contributed by atoms with E-state index < -0.39 is 0 Å². The van der Waals surface area contributed by atoms with Crippen molar-refractivity contribution in [1.82, 2.24) is 9.97 Å². The molecular weight excluding hydrogens is 508 g/mol. The molecule has 5 aromatic rings. The molecule has 2 aromatic heterocycles. The zero-order valence-electron chi connectivity index (χ0n) is 21.8. The lowest BCUT2D eigenvalue weighted by atomic mass is 9.89. The molecule has 0 atom stereocenters. The maximum Gasteiger partial charge on any atom is 0.255 e. The maximum atomic E-state index is 12.8. The van der Waals surface area contributed by atoms with E-state index in [2.05, 4.69) is 44.2 Å². The Balaban J connectivity index is 1.36. The van der Waals surface area contributed by atoms with E-state index in [0.717, 1.165) is 28.6 Å². The minimum Gasteiger partial charge on any atom is -0.494 e. The summed E-state index contributed by atoms with van der Waals surface area (Å²) in [5, 5.41) is 9.49. The lowest BCUT2D eigenvalue weighted by molar-refractivity contribution is 0.102. The molecule has 0 fully saturated rings. The molecule has 39 heavy (non-hydrogen) atoms. The van der Waals surface area contributed by atoms with Crippen molar-refractivity contribution in [2.75, 3.05) is 24.9 Å². The van der Waals surface area contributed by atoms with Gasteiger partial charge in [-0.3, -0.25) is 4.79 Å². The van der Waals surface area contributed by atoms with Gasteiger partial charge in [0.15, 0.2) is 0 Å². The van der Waals surface area contributed by atoms with Crippen molar-refractivity contribution in [3.63, 3.8) is 0 Å². The highest BCUT2D eigenvalue weighted by molar-refractivity contribution is 7.17. The van der Waals surface area contributed by atoms with Gasteiger partial charge in [0.05, 0.1) is 31.0 Å². The molecule has 0 saturated carbocycles. The number of thiophene rings is 1. The van der Waals surface area contributed by atoms with Crippen LogP contribution in [0.3, 0.4) is 0 Å². The first kappa shape index (κ1) is 24.9. The molecule has 0 unspecified atom stereocenters. The Hall–Kier alpha value is -4.43. The highest BCUT2D eigenvalue weighted by Crippen LogP contribution is 2.42. The summed E-state index contributed by atoms with van der Waals surface area (Å²) in [4.78, 5) is 22.8. The van der Waals surface area contributed by atoms with E-state index in [1.54, 1.807) is 56.1 Å². The lowest BCUT2D eigenvalue weighted by Crippen LogP contribution is -2.13. The van der Waals surface area contributed by atoms with Gasteiger partial charge in [-0.2, -0.15) is 0 Å². The third-order valence-electron chi connectivity index (χ3n) is 7.09. The Bertz CT molecular complexity index is 1670. The summed E-state index contributed by atoms with van der Waals surface area (Å²) in [6, 6.07) is 19.4. The van der Waals surface area contributed by atoms with Crippen LogP contribution < -0.4 is 20.1 Å². The summed E-state index contributed by atoms with van der Waals surface area (Å²) in [6.07, 6.45) is 6.34. The third-order valence-corrected chi connectivity index (χ3v) is 7.97. The van der Waals surface area contributed by atoms with E-state index in [1.807, 2.05) is 18.2 Å². The van der Waals surface area contributed by atoms with E-state index in [9.17, 15) is 4.79 Å². The standard InChI is InChI=1S/C31H28N4O3S/c1-37-26-16-25(35-30(36)20-9-4-3-5-10-20)27(38-2)15-24(26)34-29-28-23(17-39-31(28)33-18-32-29)22-13-12-19-8-6-7-11-21(19)14-22/h3-5,9-10,12-18H,6-8,11H2,1-2H3,(H,35,36)(H,32,33,34). The van der Waals surface area contributed by atoms with E-state index in [1.165, 1.54) is 29.5 Å². The average Bonchev–Trinajstić information content (AvgIpc) is 3.43. The van der Waals surface area contributed by atoms with Gasteiger partial charge in [-0.1, -0.05) is 36.4 Å². The molecule has 3 aromatic carbocycles. The molecule has 1 amide bonds. The van der Waals surface area contributed by atoms with Gasteiger partial charge in [0, 0.05) is 28.6 Å². The molecular formula is C31H28N4O3S. The molecule has 0 bridgehead atoms. The van der Waals surface area contributed by atoms with Crippen LogP contribution in [0.15, 0.2) is 72.4 Å². The zero-order chi connectivity index (χ0) is 26.8. The summed E-state index contributed by atoms with van der Waals surface area (Å²) in [5.74, 6) is 1.47. The highest BCUT2D eigenvalue weighted by atomic mass is 32.1. The molecule has 2 N–H and O–H groups in total. The second-order valence-corrected chi connectivity index (χ2v) is 10.3. The molecule has 196 valence electrons. The second kappa shape index (κ2) is 10.7. The predicted octanol–water partition coefficient (Wildman–Crippen LogP) is 7.25. The number of nitrogens with zero attached hydrogens (tertiary/aromatic N) is 2. The van der Waals surface area contributed by atoms with Crippen LogP contribution in [0.4, 0.5) is 17.2 Å². The van der Waals surface area contributed by atoms with Crippen LogP contribution >= 0.6 is 11.3 Å². The summed E-state index contributed by atoms with van der Waals surface area (Å²) in [5.41, 5.74) is 6.88. The number of ether oxygens (including phenoxy) is 2. The number of fused-ring (bicyclic) bond motifs is 2. The first-order valence-corrected chi connectivity index (χ1v) is 13.8. The van der Waals surface area contributed by atoms with Gasteiger partial charge in [0.1, 0.15) is 28.5 Å². The first-order valence-electron chi connectivity index (χ1n) is 12.9. The maximum absolute atomic E-state index is 12.8. The van der Waals surface area contributed by atoms with Crippen molar-refractivity contribution in [3.8, 4) is 22.6 Å². The van der Waals surface area contributed by atoms with Gasteiger partial charge in [0.2, 0.25) is 0 Å². The van der Waals surface area contributed by atoms with E-state index in [0.29, 0.717) is 34.3 Å². The number of aryl methyl sites for hydroxylation is 2. The van der Waals surface area contributed by atoms with Gasteiger partial charge < -0.3 is 20.1 Å². The molecule has 2 heterocycles. The fraction of sp³-hybridized carbons (Fsp3) is 0.194. The fourth-order valence-corrected chi connectivity index (χ4v) is 6.00. The second-order valence-electron chi connectivity index (χ2n) is 9.44. The van der Waals surface area contributed by atoms with Crippen LogP contribution in [0, 0.1) is 0 Å². The number of amides is 1. The minimum atomic E-state index is -0.234. The van der Waals surface area contributed by atoms with Crippen molar-refractivity contribution >= 4 is 44.7 Å². The topological polar surface area (TPSA) is 85.4 Å². The monoisotopic (exact) mass is 536 g/mol.